The maximum atomic E-state index is 12.4. The molecule has 1 unspecified atom stereocenters. The molecule has 4 rings (SSSR count). The topological polar surface area (TPSA) is 36.8 Å². The molecule has 1 amide bonds. The molecule has 104 valence electrons. The van der Waals surface area contributed by atoms with Crippen LogP contribution >= 0.6 is 0 Å². The summed E-state index contributed by atoms with van der Waals surface area (Å²) in [5.74, 6) is 0.836. The summed E-state index contributed by atoms with van der Waals surface area (Å²) >= 11 is 0. The van der Waals surface area contributed by atoms with Crippen LogP contribution in [0.2, 0.25) is 0 Å². The van der Waals surface area contributed by atoms with Crippen molar-refractivity contribution in [1.82, 2.24) is 14.6 Å². The van der Waals surface area contributed by atoms with Crippen LogP contribution in [0.3, 0.4) is 0 Å². The molecule has 0 spiro atoms. The maximum Gasteiger partial charge on any atom is 0.251 e. The normalized spacial score (nSPS) is 28.7. The molecule has 0 radical (unpaired) electrons. The molecule has 4 heterocycles. The zero-order valence-electron chi connectivity index (χ0n) is 11.5. The van der Waals surface area contributed by atoms with Crippen LogP contribution in [0.5, 0.6) is 0 Å². The highest BCUT2D eigenvalue weighted by atomic mass is 16.1. The van der Waals surface area contributed by atoms with Crippen LogP contribution < -0.4 is 5.32 Å². The summed E-state index contributed by atoms with van der Waals surface area (Å²) in [5.41, 5.74) is 1.81. The predicted molar refractivity (Wildman–Crippen MR) is 77.8 cm³/mol. The van der Waals surface area contributed by atoms with Gasteiger partial charge in [0.25, 0.3) is 5.91 Å². The number of nitrogens with one attached hydrogen (secondary N) is 1. The summed E-state index contributed by atoms with van der Waals surface area (Å²) in [6, 6.07) is 8.16. The minimum absolute atomic E-state index is 0.0567. The number of piperidine rings is 1. The van der Waals surface area contributed by atoms with Crippen molar-refractivity contribution in [2.75, 3.05) is 19.6 Å². The van der Waals surface area contributed by atoms with E-state index >= 15 is 0 Å². The van der Waals surface area contributed by atoms with Crippen LogP contribution in [0.25, 0.3) is 5.52 Å². The highest BCUT2D eigenvalue weighted by Gasteiger charge is 2.32. The number of rotatable bonds is 2. The number of aromatic nitrogens is 1. The van der Waals surface area contributed by atoms with Gasteiger partial charge in [-0.3, -0.25) is 4.79 Å². The van der Waals surface area contributed by atoms with Gasteiger partial charge in [-0.15, -0.1) is 0 Å². The zero-order chi connectivity index (χ0) is 13.5. The Balaban J connectivity index is 1.49. The molecule has 2 fully saturated rings. The van der Waals surface area contributed by atoms with Crippen molar-refractivity contribution < 1.29 is 4.79 Å². The third-order valence-corrected chi connectivity index (χ3v) is 4.59. The molecule has 4 nitrogen and oxygen atoms in total. The first kappa shape index (κ1) is 12.0. The second-order valence-corrected chi connectivity index (χ2v) is 6.08. The van der Waals surface area contributed by atoms with Gasteiger partial charge in [-0.1, -0.05) is 0 Å². The second-order valence-electron chi connectivity index (χ2n) is 6.08. The molecule has 0 saturated carbocycles. The molecule has 4 heteroatoms. The van der Waals surface area contributed by atoms with E-state index in [9.17, 15) is 4.79 Å². The summed E-state index contributed by atoms with van der Waals surface area (Å²) in [6.45, 7) is 3.44. The highest BCUT2D eigenvalue weighted by molar-refractivity contribution is 5.95. The summed E-state index contributed by atoms with van der Waals surface area (Å²) < 4.78 is 2.02. The van der Waals surface area contributed by atoms with Gasteiger partial charge in [0.2, 0.25) is 0 Å². The molecule has 1 N–H and O–H groups in total. The third-order valence-electron chi connectivity index (χ3n) is 4.59. The number of hydrogen-bond donors (Lipinski definition) is 1. The largest absolute Gasteiger partial charge is 0.348 e. The molecule has 2 bridgehead atoms. The Hall–Kier alpha value is -1.81. The van der Waals surface area contributed by atoms with E-state index in [0.29, 0.717) is 6.04 Å². The Morgan fingerprint density at radius 3 is 3.10 bits per heavy atom. The minimum Gasteiger partial charge on any atom is -0.348 e. The van der Waals surface area contributed by atoms with Crippen LogP contribution in [0.1, 0.15) is 23.2 Å². The minimum atomic E-state index is 0.0567. The number of carbonyl (C=O) groups is 1. The summed E-state index contributed by atoms with van der Waals surface area (Å²) in [5, 5.41) is 3.20. The fourth-order valence-electron chi connectivity index (χ4n) is 3.61. The monoisotopic (exact) mass is 269 g/mol. The lowest BCUT2D eigenvalue weighted by Gasteiger charge is -2.30. The number of hydrogen-bond acceptors (Lipinski definition) is 2. The first-order valence-corrected chi connectivity index (χ1v) is 7.38. The fraction of sp³-hybridized carbons (Fsp3) is 0.438. The quantitative estimate of drug-likeness (QED) is 0.902. The maximum absolute atomic E-state index is 12.4. The van der Waals surface area contributed by atoms with Crippen molar-refractivity contribution in [3.05, 3.63) is 42.2 Å². The van der Waals surface area contributed by atoms with Gasteiger partial charge in [-0.25, -0.2) is 0 Å². The Kier molecular flexibility index (Phi) is 2.77. The third kappa shape index (κ3) is 2.10. The number of fused-ring (bicyclic) bond motifs is 3. The van der Waals surface area contributed by atoms with Gasteiger partial charge in [-0.2, -0.15) is 0 Å². The van der Waals surface area contributed by atoms with Gasteiger partial charge in [0.1, 0.15) is 0 Å². The van der Waals surface area contributed by atoms with Gasteiger partial charge in [-0.05, 0) is 49.6 Å². The van der Waals surface area contributed by atoms with Crippen molar-refractivity contribution >= 4 is 11.4 Å². The van der Waals surface area contributed by atoms with E-state index < -0.39 is 0 Å². The number of carbonyl (C=O) groups excluding carboxylic acids is 1. The van der Waals surface area contributed by atoms with Crippen molar-refractivity contribution in [2.45, 2.75) is 18.9 Å². The highest BCUT2D eigenvalue weighted by Crippen LogP contribution is 2.26. The van der Waals surface area contributed by atoms with Crippen molar-refractivity contribution in [1.29, 1.82) is 0 Å². The average molecular weight is 269 g/mol. The summed E-state index contributed by atoms with van der Waals surface area (Å²) in [6.07, 6.45) is 6.36. The first-order chi connectivity index (χ1) is 9.78. The molecule has 2 aliphatic rings. The van der Waals surface area contributed by atoms with Crippen LogP contribution in [0.15, 0.2) is 36.7 Å². The Bertz CT molecular complexity index is 636. The molecule has 0 aromatic carbocycles. The predicted octanol–water partition coefficient (Wildman–Crippen LogP) is 1.76. The first-order valence-electron chi connectivity index (χ1n) is 7.38. The van der Waals surface area contributed by atoms with Crippen molar-refractivity contribution in [3.8, 4) is 0 Å². The molecular weight excluding hydrogens is 250 g/mol. The lowest BCUT2D eigenvalue weighted by molar-refractivity contribution is 0.0909. The van der Waals surface area contributed by atoms with E-state index in [2.05, 4.69) is 10.2 Å². The lowest BCUT2D eigenvalue weighted by atomic mass is 9.96. The molecule has 2 saturated heterocycles. The van der Waals surface area contributed by atoms with E-state index in [-0.39, 0.29) is 5.91 Å². The van der Waals surface area contributed by atoms with E-state index in [0.717, 1.165) is 30.0 Å². The summed E-state index contributed by atoms with van der Waals surface area (Å²) in [7, 11) is 0. The molecule has 2 aliphatic heterocycles. The van der Waals surface area contributed by atoms with Gasteiger partial charge in [0.15, 0.2) is 0 Å². The van der Waals surface area contributed by atoms with Crippen molar-refractivity contribution in [3.63, 3.8) is 0 Å². The van der Waals surface area contributed by atoms with Gasteiger partial charge in [0.05, 0.1) is 0 Å². The van der Waals surface area contributed by atoms with Crippen molar-refractivity contribution in [2.24, 2.45) is 5.92 Å². The average Bonchev–Trinajstić information content (AvgIpc) is 3.04. The van der Waals surface area contributed by atoms with E-state index in [4.69, 9.17) is 0 Å². The van der Waals surface area contributed by atoms with Gasteiger partial charge >= 0.3 is 0 Å². The van der Waals surface area contributed by atoms with Crippen LogP contribution in [0.4, 0.5) is 0 Å². The molecule has 20 heavy (non-hydrogen) atoms. The van der Waals surface area contributed by atoms with Crippen LogP contribution in [0, 0.1) is 5.92 Å². The van der Waals surface area contributed by atoms with E-state index in [1.807, 2.05) is 41.1 Å². The SMILES string of the molecule is O=C(N[C@@H]1C[C@@H]2CCN(C2)C1)c1ccn2cccc2c1. The Morgan fingerprint density at radius 1 is 1.25 bits per heavy atom. The zero-order valence-corrected chi connectivity index (χ0v) is 11.5. The Labute approximate surface area is 118 Å². The number of nitrogens with zero attached hydrogens (tertiary/aromatic N) is 2. The van der Waals surface area contributed by atoms with Crippen LogP contribution in [-0.4, -0.2) is 40.9 Å². The number of amides is 1. The molecule has 2 aromatic heterocycles. The number of pyridine rings is 1. The molecular formula is C16H19N3O. The Morgan fingerprint density at radius 2 is 2.20 bits per heavy atom. The van der Waals surface area contributed by atoms with E-state index in [1.54, 1.807) is 0 Å². The van der Waals surface area contributed by atoms with E-state index in [1.165, 1.54) is 19.5 Å². The second kappa shape index (κ2) is 4.63. The lowest BCUT2D eigenvalue weighted by Crippen LogP contribution is -2.47. The fourth-order valence-corrected chi connectivity index (χ4v) is 3.61. The summed E-state index contributed by atoms with van der Waals surface area (Å²) in [4.78, 5) is 14.8. The van der Waals surface area contributed by atoms with Gasteiger partial charge in [0, 0.05) is 42.6 Å². The molecule has 0 aliphatic carbocycles. The molecule has 2 aromatic rings. The smallest absolute Gasteiger partial charge is 0.251 e. The molecule has 3 atom stereocenters. The van der Waals surface area contributed by atoms with Crippen LogP contribution in [-0.2, 0) is 0 Å². The van der Waals surface area contributed by atoms with Gasteiger partial charge < -0.3 is 14.6 Å². The standard InChI is InChI=1S/C16H19N3O/c20-16(13-4-7-19-5-1-2-15(19)9-13)17-14-8-12-3-6-18(10-12)11-14/h1-2,4-5,7,9,12,14H,3,6,8,10-11H2,(H,17,20)/t12-,14+/m0/s1.